The first kappa shape index (κ1) is 23.0. The summed E-state index contributed by atoms with van der Waals surface area (Å²) in [7, 11) is -3.88. The fourth-order valence-corrected chi connectivity index (χ4v) is 5.45. The van der Waals surface area contributed by atoms with Crippen molar-refractivity contribution in [3.05, 3.63) is 29.8 Å². The molecule has 1 aromatic carbocycles. The standard InChI is InChI=1S/C20H28F3N3O3S/c1-15(19(27)24-17-5-3-2-4-6-17)25-11-13-26(14-12-25)30(28,29)18-9-7-16(8-10-18)20(21,22)23/h7-10,15,17H,2-6,11-14H2,1H3,(H,24,27). The third kappa shape index (κ3) is 5.33. The maximum atomic E-state index is 12.8. The van der Waals surface area contributed by atoms with E-state index in [0.29, 0.717) is 13.1 Å². The van der Waals surface area contributed by atoms with Gasteiger partial charge in [-0.15, -0.1) is 0 Å². The summed E-state index contributed by atoms with van der Waals surface area (Å²) < 4.78 is 64.9. The van der Waals surface area contributed by atoms with Gasteiger partial charge in [-0.2, -0.15) is 17.5 Å². The molecule has 0 radical (unpaired) electrons. The fraction of sp³-hybridized carbons (Fsp3) is 0.650. The first-order chi connectivity index (χ1) is 14.1. The minimum Gasteiger partial charge on any atom is -0.352 e. The minimum absolute atomic E-state index is 0.0408. The number of alkyl halides is 3. The summed E-state index contributed by atoms with van der Waals surface area (Å²) in [5.74, 6) is -0.0408. The molecular weight excluding hydrogens is 419 g/mol. The van der Waals surface area contributed by atoms with Gasteiger partial charge in [0, 0.05) is 32.2 Å². The van der Waals surface area contributed by atoms with E-state index in [-0.39, 0.29) is 36.0 Å². The molecule has 1 amide bonds. The number of hydrogen-bond acceptors (Lipinski definition) is 4. The Morgan fingerprint density at radius 2 is 1.60 bits per heavy atom. The average molecular weight is 448 g/mol. The number of amides is 1. The number of halogens is 3. The molecule has 1 saturated carbocycles. The number of nitrogens with one attached hydrogen (secondary N) is 1. The lowest BCUT2D eigenvalue weighted by atomic mass is 9.95. The van der Waals surface area contributed by atoms with Crippen LogP contribution in [0.4, 0.5) is 13.2 Å². The molecule has 1 unspecified atom stereocenters. The average Bonchev–Trinajstić information content (AvgIpc) is 2.73. The molecule has 30 heavy (non-hydrogen) atoms. The maximum absolute atomic E-state index is 12.8. The van der Waals surface area contributed by atoms with Crippen LogP contribution in [0.25, 0.3) is 0 Å². The number of rotatable bonds is 5. The number of carbonyl (C=O) groups excluding carboxylic acids is 1. The smallest absolute Gasteiger partial charge is 0.352 e. The molecule has 10 heteroatoms. The second-order valence-corrected chi connectivity index (χ2v) is 9.92. The lowest BCUT2D eigenvalue weighted by molar-refractivity contribution is -0.137. The van der Waals surface area contributed by atoms with Gasteiger partial charge in [-0.25, -0.2) is 8.42 Å². The molecule has 0 spiro atoms. The van der Waals surface area contributed by atoms with Crippen LogP contribution in [-0.4, -0.2) is 61.8 Å². The van der Waals surface area contributed by atoms with Crippen molar-refractivity contribution in [3.63, 3.8) is 0 Å². The quantitative estimate of drug-likeness (QED) is 0.754. The number of carbonyl (C=O) groups is 1. The molecule has 1 aliphatic heterocycles. The van der Waals surface area contributed by atoms with Crippen molar-refractivity contribution < 1.29 is 26.4 Å². The largest absolute Gasteiger partial charge is 0.416 e. The van der Waals surface area contributed by atoms with Crippen LogP contribution < -0.4 is 5.32 Å². The second kappa shape index (κ2) is 9.23. The Morgan fingerprint density at radius 1 is 1.03 bits per heavy atom. The lowest BCUT2D eigenvalue weighted by Gasteiger charge is -2.37. The van der Waals surface area contributed by atoms with E-state index in [1.54, 1.807) is 0 Å². The van der Waals surface area contributed by atoms with E-state index in [9.17, 15) is 26.4 Å². The van der Waals surface area contributed by atoms with Gasteiger partial charge in [0.25, 0.3) is 0 Å². The molecule has 1 atom stereocenters. The van der Waals surface area contributed by atoms with Gasteiger partial charge in [0.1, 0.15) is 0 Å². The SMILES string of the molecule is CC(C(=O)NC1CCCCC1)N1CCN(S(=O)(=O)c2ccc(C(F)(F)F)cc2)CC1. The third-order valence-electron chi connectivity index (χ3n) is 5.97. The van der Waals surface area contributed by atoms with Crippen molar-refractivity contribution in [2.75, 3.05) is 26.2 Å². The van der Waals surface area contributed by atoms with Crippen molar-refractivity contribution in [2.24, 2.45) is 0 Å². The number of benzene rings is 1. The zero-order valence-corrected chi connectivity index (χ0v) is 17.8. The molecule has 1 heterocycles. The van der Waals surface area contributed by atoms with Crippen LogP contribution in [0, 0.1) is 0 Å². The van der Waals surface area contributed by atoms with Crippen LogP contribution in [0.1, 0.15) is 44.6 Å². The minimum atomic E-state index is -4.51. The van der Waals surface area contributed by atoms with E-state index in [0.717, 1.165) is 49.9 Å². The molecule has 0 bridgehead atoms. The highest BCUT2D eigenvalue weighted by Gasteiger charge is 2.34. The van der Waals surface area contributed by atoms with Gasteiger partial charge in [0.2, 0.25) is 15.9 Å². The number of hydrogen-bond donors (Lipinski definition) is 1. The summed E-state index contributed by atoms with van der Waals surface area (Å²) in [6, 6.07) is 3.40. The van der Waals surface area contributed by atoms with Crippen LogP contribution in [0.2, 0.25) is 0 Å². The monoisotopic (exact) mass is 447 g/mol. The van der Waals surface area contributed by atoms with E-state index in [2.05, 4.69) is 5.32 Å². The molecular formula is C20H28F3N3O3S. The number of sulfonamides is 1. The molecule has 1 saturated heterocycles. The summed E-state index contributed by atoms with van der Waals surface area (Å²) in [6.45, 7) is 2.96. The first-order valence-corrected chi connectivity index (χ1v) is 11.7. The Kier molecular flexibility index (Phi) is 7.09. The van der Waals surface area contributed by atoms with Crippen molar-refractivity contribution >= 4 is 15.9 Å². The van der Waals surface area contributed by atoms with E-state index >= 15 is 0 Å². The van der Waals surface area contributed by atoms with Gasteiger partial charge < -0.3 is 5.32 Å². The predicted octanol–water partition coefficient (Wildman–Crippen LogP) is 2.85. The zero-order chi connectivity index (χ0) is 21.9. The zero-order valence-electron chi connectivity index (χ0n) is 17.0. The molecule has 1 aromatic rings. The van der Waals surface area contributed by atoms with Crippen LogP contribution in [-0.2, 0) is 21.0 Å². The summed E-state index contributed by atoms with van der Waals surface area (Å²) in [4.78, 5) is 14.3. The Labute approximate surface area is 175 Å². The van der Waals surface area contributed by atoms with E-state index in [1.807, 2.05) is 11.8 Å². The van der Waals surface area contributed by atoms with Crippen molar-refractivity contribution in [1.82, 2.24) is 14.5 Å². The van der Waals surface area contributed by atoms with E-state index in [4.69, 9.17) is 0 Å². The molecule has 3 rings (SSSR count). The summed E-state index contributed by atoms with van der Waals surface area (Å²) >= 11 is 0. The molecule has 1 N–H and O–H groups in total. The van der Waals surface area contributed by atoms with Crippen molar-refractivity contribution in [3.8, 4) is 0 Å². The predicted molar refractivity (Wildman–Crippen MR) is 106 cm³/mol. The molecule has 0 aromatic heterocycles. The van der Waals surface area contributed by atoms with Crippen LogP contribution >= 0.6 is 0 Å². The highest BCUT2D eigenvalue weighted by Crippen LogP contribution is 2.30. The lowest BCUT2D eigenvalue weighted by Crippen LogP contribution is -2.55. The third-order valence-corrected chi connectivity index (χ3v) is 7.88. The highest BCUT2D eigenvalue weighted by molar-refractivity contribution is 7.89. The van der Waals surface area contributed by atoms with Gasteiger partial charge in [0.15, 0.2) is 0 Å². The topological polar surface area (TPSA) is 69.7 Å². The van der Waals surface area contributed by atoms with Gasteiger partial charge >= 0.3 is 6.18 Å². The van der Waals surface area contributed by atoms with Gasteiger partial charge in [-0.05, 0) is 44.0 Å². The van der Waals surface area contributed by atoms with Gasteiger partial charge in [-0.1, -0.05) is 19.3 Å². The first-order valence-electron chi connectivity index (χ1n) is 10.3. The molecule has 2 aliphatic rings. The second-order valence-electron chi connectivity index (χ2n) is 7.98. The molecule has 2 fully saturated rings. The Morgan fingerprint density at radius 3 is 2.13 bits per heavy atom. The molecule has 1 aliphatic carbocycles. The summed E-state index contributed by atoms with van der Waals surface area (Å²) in [5, 5.41) is 3.10. The van der Waals surface area contributed by atoms with Crippen LogP contribution in [0.3, 0.4) is 0 Å². The fourth-order valence-electron chi connectivity index (χ4n) is 4.03. The van der Waals surface area contributed by atoms with E-state index in [1.165, 1.54) is 10.7 Å². The van der Waals surface area contributed by atoms with Crippen LogP contribution in [0.5, 0.6) is 0 Å². The summed E-state index contributed by atoms with van der Waals surface area (Å²) in [5.41, 5.74) is -0.885. The number of nitrogens with zero attached hydrogens (tertiary/aromatic N) is 2. The Bertz CT molecular complexity index is 829. The normalized spacial score (nSPS) is 21.3. The molecule has 168 valence electrons. The van der Waals surface area contributed by atoms with Crippen LogP contribution in [0.15, 0.2) is 29.2 Å². The maximum Gasteiger partial charge on any atom is 0.416 e. The Hall–Kier alpha value is -1.65. The van der Waals surface area contributed by atoms with Gasteiger partial charge in [0.05, 0.1) is 16.5 Å². The Balaban J connectivity index is 1.56. The van der Waals surface area contributed by atoms with Gasteiger partial charge in [-0.3, -0.25) is 9.69 Å². The summed E-state index contributed by atoms with van der Waals surface area (Å²) in [6.07, 6.45) is 0.939. The highest BCUT2D eigenvalue weighted by atomic mass is 32.2. The van der Waals surface area contributed by atoms with E-state index < -0.39 is 21.8 Å². The number of piperazine rings is 1. The van der Waals surface area contributed by atoms with Crippen molar-refractivity contribution in [2.45, 2.75) is 62.2 Å². The van der Waals surface area contributed by atoms with Crippen molar-refractivity contribution in [1.29, 1.82) is 0 Å². The molecule has 6 nitrogen and oxygen atoms in total.